The van der Waals surface area contributed by atoms with Crippen molar-refractivity contribution in [3.63, 3.8) is 0 Å². The number of rotatable bonds is 6. The molecule has 1 aromatic heterocycles. The van der Waals surface area contributed by atoms with Gasteiger partial charge in [-0.3, -0.25) is 4.79 Å². The second-order valence-electron chi connectivity index (χ2n) is 6.92. The largest absolute Gasteiger partial charge is 0.483 e. The van der Waals surface area contributed by atoms with Crippen molar-refractivity contribution in [1.29, 1.82) is 0 Å². The van der Waals surface area contributed by atoms with Gasteiger partial charge < -0.3 is 9.30 Å². The molecule has 0 fully saturated rings. The van der Waals surface area contributed by atoms with Gasteiger partial charge in [-0.25, -0.2) is 8.42 Å². The second kappa shape index (κ2) is 8.14. The second-order valence-corrected chi connectivity index (χ2v) is 9.27. The monoisotopic (exact) mass is 439 g/mol. The first-order chi connectivity index (χ1) is 14.0. The Labute approximate surface area is 171 Å². The van der Waals surface area contributed by atoms with E-state index < -0.39 is 22.6 Å². The molecule has 160 valence electrons. The maximum absolute atomic E-state index is 12.7. The molecule has 0 radical (unpaired) electrons. The highest BCUT2D eigenvalue weighted by Gasteiger charge is 2.29. The lowest BCUT2D eigenvalue weighted by atomic mass is 9.98. The summed E-state index contributed by atoms with van der Waals surface area (Å²) in [6, 6.07) is 11.0. The molecule has 0 amide bonds. The lowest BCUT2D eigenvalue weighted by Gasteiger charge is -2.17. The Morgan fingerprint density at radius 3 is 2.33 bits per heavy atom. The molecule has 0 saturated carbocycles. The van der Waals surface area contributed by atoms with Gasteiger partial charge in [0.15, 0.2) is 16.4 Å². The summed E-state index contributed by atoms with van der Waals surface area (Å²) in [5.74, 6) is -0.356. The van der Waals surface area contributed by atoms with E-state index in [1.54, 1.807) is 31.3 Å². The van der Waals surface area contributed by atoms with Crippen LogP contribution in [0.2, 0.25) is 0 Å². The van der Waals surface area contributed by atoms with Crippen LogP contribution in [0.1, 0.15) is 12.5 Å². The zero-order chi connectivity index (χ0) is 22.1. The zero-order valence-corrected chi connectivity index (χ0v) is 17.2. The number of nitrogens with zero attached hydrogens (tertiary/aromatic N) is 1. The number of fused-ring (bicyclic) bond motifs is 1. The van der Waals surface area contributed by atoms with Crippen LogP contribution in [0.3, 0.4) is 0 Å². The van der Waals surface area contributed by atoms with Crippen LogP contribution >= 0.6 is 0 Å². The third kappa shape index (κ3) is 4.84. The number of alkyl halides is 3. The van der Waals surface area contributed by atoms with Gasteiger partial charge in [-0.1, -0.05) is 31.2 Å². The van der Waals surface area contributed by atoms with Crippen LogP contribution in [-0.2, 0) is 22.6 Å². The first-order valence-corrected chi connectivity index (χ1v) is 10.9. The molecular weight excluding hydrogens is 419 g/mol. The molecule has 3 rings (SSSR count). The van der Waals surface area contributed by atoms with Crippen molar-refractivity contribution in [2.45, 2.75) is 18.9 Å². The Balaban J connectivity index is 2.24. The minimum Gasteiger partial charge on any atom is -0.483 e. The van der Waals surface area contributed by atoms with E-state index in [2.05, 4.69) is 0 Å². The van der Waals surface area contributed by atoms with Gasteiger partial charge in [-0.15, -0.1) is 0 Å². The average Bonchev–Trinajstić information content (AvgIpc) is 2.69. The molecule has 5 nitrogen and oxygen atoms in total. The molecule has 0 aliphatic carbocycles. The fourth-order valence-electron chi connectivity index (χ4n) is 3.15. The van der Waals surface area contributed by atoms with Crippen molar-refractivity contribution in [3.05, 3.63) is 64.6 Å². The van der Waals surface area contributed by atoms with Gasteiger partial charge in [-0.05, 0) is 29.1 Å². The van der Waals surface area contributed by atoms with Crippen molar-refractivity contribution in [1.82, 2.24) is 4.57 Å². The summed E-state index contributed by atoms with van der Waals surface area (Å²) >= 11 is 0. The minimum absolute atomic E-state index is 0.0474. The van der Waals surface area contributed by atoms with Gasteiger partial charge in [0.2, 0.25) is 0 Å². The highest BCUT2D eigenvalue weighted by molar-refractivity contribution is 7.90. The van der Waals surface area contributed by atoms with Crippen molar-refractivity contribution < 1.29 is 26.3 Å². The van der Waals surface area contributed by atoms with E-state index in [4.69, 9.17) is 4.74 Å². The summed E-state index contributed by atoms with van der Waals surface area (Å²) in [4.78, 5) is 12.5. The fraction of sp³-hybridized carbons (Fsp3) is 0.286. The molecule has 0 spiro atoms. The lowest BCUT2D eigenvalue weighted by Crippen LogP contribution is -2.20. The molecule has 2 aromatic carbocycles. The molecule has 30 heavy (non-hydrogen) atoms. The Bertz CT molecular complexity index is 1250. The Morgan fingerprint density at radius 2 is 1.70 bits per heavy atom. The number of hydrogen-bond donors (Lipinski definition) is 0. The normalized spacial score (nSPS) is 12.3. The van der Waals surface area contributed by atoms with E-state index in [1.807, 2.05) is 0 Å². The molecule has 0 aliphatic rings. The molecule has 1 heterocycles. The standard InChI is InChI=1S/C21H20F3NO4S/c1-3-30(27,28)12-14-8-9-19(29-13-21(22,23)24)17(10-14)18-11-25(2)20(26)16-7-5-4-6-15(16)18/h4-11H,3,12-13H2,1-2H3. The van der Waals surface area contributed by atoms with Crippen LogP contribution in [0.15, 0.2) is 53.5 Å². The fourth-order valence-corrected chi connectivity index (χ4v) is 4.04. The topological polar surface area (TPSA) is 65.4 Å². The smallest absolute Gasteiger partial charge is 0.422 e. The van der Waals surface area contributed by atoms with E-state index >= 15 is 0 Å². The van der Waals surface area contributed by atoms with Gasteiger partial charge in [0, 0.05) is 35.5 Å². The van der Waals surface area contributed by atoms with E-state index in [1.165, 1.54) is 35.9 Å². The Morgan fingerprint density at radius 1 is 1.03 bits per heavy atom. The van der Waals surface area contributed by atoms with Crippen molar-refractivity contribution in [3.8, 4) is 16.9 Å². The number of hydrogen-bond acceptors (Lipinski definition) is 4. The van der Waals surface area contributed by atoms with Gasteiger partial charge in [0.05, 0.1) is 5.75 Å². The Hall–Kier alpha value is -2.81. The van der Waals surface area contributed by atoms with Crippen LogP contribution in [0.25, 0.3) is 21.9 Å². The SMILES string of the molecule is CCS(=O)(=O)Cc1ccc(OCC(F)(F)F)c(-c2cn(C)c(=O)c3ccccc23)c1. The highest BCUT2D eigenvalue weighted by Crippen LogP contribution is 2.36. The van der Waals surface area contributed by atoms with Gasteiger partial charge in [0.25, 0.3) is 5.56 Å². The predicted molar refractivity (Wildman–Crippen MR) is 109 cm³/mol. The number of aryl methyl sites for hydroxylation is 1. The first kappa shape index (κ1) is 21.9. The summed E-state index contributed by atoms with van der Waals surface area (Å²) in [6.45, 7) is 0.0356. The number of sulfone groups is 1. The lowest BCUT2D eigenvalue weighted by molar-refractivity contribution is -0.153. The van der Waals surface area contributed by atoms with Gasteiger partial charge in [-0.2, -0.15) is 13.2 Å². The molecule has 9 heteroatoms. The first-order valence-electron chi connectivity index (χ1n) is 9.12. The summed E-state index contributed by atoms with van der Waals surface area (Å²) in [6.07, 6.45) is -3.02. The number of benzene rings is 2. The average molecular weight is 439 g/mol. The van der Waals surface area contributed by atoms with Crippen molar-refractivity contribution in [2.24, 2.45) is 7.05 Å². The maximum Gasteiger partial charge on any atom is 0.422 e. The summed E-state index contributed by atoms with van der Waals surface area (Å²) in [5, 5.41) is 0.929. The molecule has 3 aromatic rings. The Kier molecular flexibility index (Phi) is 5.94. The van der Waals surface area contributed by atoms with Crippen LogP contribution in [0, 0.1) is 0 Å². The molecular formula is C21H20F3NO4S. The number of halogens is 3. The molecule has 0 bridgehead atoms. The van der Waals surface area contributed by atoms with Crippen LogP contribution in [0.4, 0.5) is 13.2 Å². The third-order valence-electron chi connectivity index (χ3n) is 4.64. The summed E-state index contributed by atoms with van der Waals surface area (Å²) in [7, 11) is -1.81. The van der Waals surface area contributed by atoms with Crippen LogP contribution in [-0.4, -0.2) is 31.5 Å². The van der Waals surface area contributed by atoms with Crippen LogP contribution < -0.4 is 10.3 Å². The van der Waals surface area contributed by atoms with E-state index in [9.17, 15) is 26.4 Å². The van der Waals surface area contributed by atoms with Gasteiger partial charge >= 0.3 is 6.18 Å². The van der Waals surface area contributed by atoms with Crippen molar-refractivity contribution >= 4 is 20.6 Å². The van der Waals surface area contributed by atoms with E-state index in [0.29, 0.717) is 21.9 Å². The number of pyridine rings is 1. The molecule has 0 N–H and O–H groups in total. The van der Waals surface area contributed by atoms with E-state index in [0.717, 1.165) is 0 Å². The van der Waals surface area contributed by atoms with Gasteiger partial charge in [0.1, 0.15) is 5.75 Å². The summed E-state index contributed by atoms with van der Waals surface area (Å²) < 4.78 is 68.7. The number of ether oxygens (including phenoxy) is 1. The quantitative estimate of drug-likeness (QED) is 0.581. The number of aromatic nitrogens is 1. The third-order valence-corrected chi connectivity index (χ3v) is 6.30. The summed E-state index contributed by atoms with van der Waals surface area (Å²) in [5.41, 5.74) is 0.927. The molecule has 0 atom stereocenters. The predicted octanol–water partition coefficient (Wildman–Crippen LogP) is 4.08. The minimum atomic E-state index is -4.53. The zero-order valence-electron chi connectivity index (χ0n) is 16.4. The molecule has 0 saturated heterocycles. The van der Waals surface area contributed by atoms with E-state index in [-0.39, 0.29) is 28.4 Å². The molecule has 0 unspecified atom stereocenters. The maximum atomic E-state index is 12.7. The van der Waals surface area contributed by atoms with Crippen molar-refractivity contribution in [2.75, 3.05) is 12.4 Å². The highest BCUT2D eigenvalue weighted by atomic mass is 32.2. The molecule has 0 aliphatic heterocycles. The van der Waals surface area contributed by atoms with Crippen LogP contribution in [0.5, 0.6) is 5.75 Å².